The smallest absolute Gasteiger partial charge is 0.110 e. The van der Waals surface area contributed by atoms with Crippen molar-refractivity contribution < 1.29 is 0 Å². The molecule has 1 fully saturated rings. The first-order chi connectivity index (χ1) is 9.65. The van der Waals surface area contributed by atoms with Crippen LogP contribution in [-0.4, -0.2) is 22.6 Å². The molecule has 1 saturated heterocycles. The molecule has 4 heteroatoms. The van der Waals surface area contributed by atoms with Crippen molar-refractivity contribution in [2.75, 3.05) is 13.1 Å². The van der Waals surface area contributed by atoms with Gasteiger partial charge >= 0.3 is 0 Å². The Morgan fingerprint density at radius 1 is 1.45 bits per heavy atom. The summed E-state index contributed by atoms with van der Waals surface area (Å²) >= 11 is 3.54. The third kappa shape index (κ3) is 2.77. The van der Waals surface area contributed by atoms with Crippen molar-refractivity contribution in [2.24, 2.45) is 5.92 Å². The topological polar surface area (TPSA) is 29.9 Å². The Labute approximate surface area is 128 Å². The highest BCUT2D eigenvalue weighted by molar-refractivity contribution is 9.10. The molecule has 1 unspecified atom stereocenters. The van der Waals surface area contributed by atoms with E-state index in [9.17, 15) is 0 Å². The number of halogens is 1. The minimum absolute atomic E-state index is 0.452. The van der Waals surface area contributed by atoms with Gasteiger partial charge in [-0.1, -0.05) is 15.9 Å². The molecule has 108 valence electrons. The molecule has 0 saturated carbocycles. The summed E-state index contributed by atoms with van der Waals surface area (Å²) in [6.45, 7) is 6.78. The predicted octanol–water partition coefficient (Wildman–Crippen LogP) is 3.92. The van der Waals surface area contributed by atoms with Crippen molar-refractivity contribution in [2.45, 2.75) is 39.2 Å². The Morgan fingerprint density at radius 3 is 3.00 bits per heavy atom. The second-order valence-electron chi connectivity index (χ2n) is 6.04. The van der Waals surface area contributed by atoms with E-state index in [4.69, 9.17) is 4.98 Å². The maximum Gasteiger partial charge on any atom is 0.110 e. The van der Waals surface area contributed by atoms with Crippen LogP contribution >= 0.6 is 15.9 Å². The molecule has 20 heavy (non-hydrogen) atoms. The van der Waals surface area contributed by atoms with Crippen LogP contribution in [0.3, 0.4) is 0 Å². The van der Waals surface area contributed by atoms with Gasteiger partial charge in [-0.2, -0.15) is 0 Å². The maximum absolute atomic E-state index is 4.89. The fourth-order valence-corrected chi connectivity index (χ4v) is 3.55. The molecule has 3 rings (SSSR count). The molecule has 1 aliphatic heterocycles. The molecule has 0 spiro atoms. The first kappa shape index (κ1) is 14.1. The first-order valence-corrected chi connectivity index (χ1v) is 8.31. The Balaban J connectivity index is 1.97. The highest BCUT2D eigenvalue weighted by Crippen LogP contribution is 2.26. The predicted molar refractivity (Wildman–Crippen MR) is 87.1 cm³/mol. The van der Waals surface area contributed by atoms with Crippen LogP contribution < -0.4 is 5.32 Å². The zero-order valence-corrected chi connectivity index (χ0v) is 13.8. The lowest BCUT2D eigenvalue weighted by molar-refractivity contribution is 0.364. The summed E-state index contributed by atoms with van der Waals surface area (Å²) in [7, 11) is 0. The van der Waals surface area contributed by atoms with Crippen LogP contribution in [0.4, 0.5) is 0 Å². The molecule has 1 aromatic carbocycles. The van der Waals surface area contributed by atoms with Crippen molar-refractivity contribution in [3.8, 4) is 0 Å². The molecule has 0 radical (unpaired) electrons. The van der Waals surface area contributed by atoms with Gasteiger partial charge in [0.25, 0.3) is 0 Å². The van der Waals surface area contributed by atoms with Gasteiger partial charge in [0.1, 0.15) is 5.82 Å². The van der Waals surface area contributed by atoms with Gasteiger partial charge in [-0.15, -0.1) is 0 Å². The van der Waals surface area contributed by atoms with Gasteiger partial charge in [0, 0.05) is 16.9 Å². The van der Waals surface area contributed by atoms with Crippen molar-refractivity contribution >= 4 is 27.0 Å². The van der Waals surface area contributed by atoms with Crippen LogP contribution in [0.25, 0.3) is 11.0 Å². The maximum atomic E-state index is 4.89. The number of nitrogens with zero attached hydrogens (tertiary/aromatic N) is 2. The van der Waals surface area contributed by atoms with Crippen molar-refractivity contribution in [3.05, 3.63) is 28.5 Å². The lowest BCUT2D eigenvalue weighted by atomic mass is 9.96. The number of hydrogen-bond acceptors (Lipinski definition) is 2. The van der Waals surface area contributed by atoms with E-state index in [1.807, 2.05) is 0 Å². The average Bonchev–Trinajstić information content (AvgIpc) is 2.76. The van der Waals surface area contributed by atoms with E-state index in [0.717, 1.165) is 28.9 Å². The van der Waals surface area contributed by atoms with Crippen LogP contribution in [0.1, 0.15) is 38.6 Å². The summed E-state index contributed by atoms with van der Waals surface area (Å²) < 4.78 is 3.50. The molecule has 0 amide bonds. The van der Waals surface area contributed by atoms with Gasteiger partial charge in [-0.3, -0.25) is 0 Å². The lowest BCUT2D eigenvalue weighted by Crippen LogP contribution is -2.31. The first-order valence-electron chi connectivity index (χ1n) is 7.52. The minimum Gasteiger partial charge on any atom is -0.325 e. The zero-order chi connectivity index (χ0) is 14.1. The lowest BCUT2D eigenvalue weighted by Gasteiger charge is -2.23. The van der Waals surface area contributed by atoms with Gasteiger partial charge in [0.2, 0.25) is 0 Å². The average molecular weight is 336 g/mol. The third-order valence-corrected chi connectivity index (χ3v) is 4.60. The molecule has 1 aromatic heterocycles. The quantitative estimate of drug-likeness (QED) is 0.921. The van der Waals surface area contributed by atoms with Gasteiger partial charge in [0.05, 0.1) is 11.0 Å². The zero-order valence-electron chi connectivity index (χ0n) is 12.2. The second kappa shape index (κ2) is 5.86. The van der Waals surface area contributed by atoms with Crippen LogP contribution in [0.15, 0.2) is 22.7 Å². The molecule has 2 aromatic rings. The SMILES string of the molecule is CC(C)n1c(CC2CCCNC2)nc2cc(Br)ccc21. The van der Waals surface area contributed by atoms with E-state index in [1.165, 1.54) is 30.7 Å². The number of hydrogen-bond donors (Lipinski definition) is 1. The largest absolute Gasteiger partial charge is 0.325 e. The second-order valence-corrected chi connectivity index (χ2v) is 6.96. The van der Waals surface area contributed by atoms with Crippen LogP contribution in [-0.2, 0) is 6.42 Å². The molecule has 0 aliphatic carbocycles. The number of piperidine rings is 1. The fraction of sp³-hybridized carbons (Fsp3) is 0.562. The molecule has 3 nitrogen and oxygen atoms in total. The summed E-state index contributed by atoms with van der Waals surface area (Å²) in [5.41, 5.74) is 2.36. The Bertz CT molecular complexity index is 597. The van der Waals surface area contributed by atoms with Gasteiger partial charge in [-0.05, 0) is 63.9 Å². The number of imidazole rings is 1. The molecule has 2 heterocycles. The van der Waals surface area contributed by atoms with E-state index in [-0.39, 0.29) is 0 Å². The number of benzene rings is 1. The van der Waals surface area contributed by atoms with Gasteiger partial charge in [-0.25, -0.2) is 4.98 Å². The third-order valence-electron chi connectivity index (χ3n) is 4.11. The van der Waals surface area contributed by atoms with E-state index in [2.05, 4.69) is 57.9 Å². The molecular weight excluding hydrogens is 314 g/mol. The molecule has 0 bridgehead atoms. The number of rotatable bonds is 3. The van der Waals surface area contributed by atoms with Gasteiger partial charge in [0.15, 0.2) is 0 Å². The van der Waals surface area contributed by atoms with E-state index >= 15 is 0 Å². The van der Waals surface area contributed by atoms with E-state index in [0.29, 0.717) is 6.04 Å². The van der Waals surface area contributed by atoms with Crippen LogP contribution in [0, 0.1) is 5.92 Å². The monoisotopic (exact) mass is 335 g/mol. The highest BCUT2D eigenvalue weighted by Gasteiger charge is 2.19. The Hall–Kier alpha value is -0.870. The number of aromatic nitrogens is 2. The number of nitrogens with one attached hydrogen (secondary N) is 1. The summed E-state index contributed by atoms with van der Waals surface area (Å²) in [6, 6.07) is 6.86. The van der Waals surface area contributed by atoms with Crippen molar-refractivity contribution in [1.82, 2.24) is 14.9 Å². The normalized spacial score (nSPS) is 19.9. The van der Waals surface area contributed by atoms with Crippen LogP contribution in [0.5, 0.6) is 0 Å². The van der Waals surface area contributed by atoms with E-state index < -0.39 is 0 Å². The minimum atomic E-state index is 0.452. The molecular formula is C16H22BrN3. The molecule has 1 aliphatic rings. The Kier molecular flexibility index (Phi) is 4.13. The van der Waals surface area contributed by atoms with Gasteiger partial charge < -0.3 is 9.88 Å². The van der Waals surface area contributed by atoms with Crippen LogP contribution in [0.2, 0.25) is 0 Å². The van der Waals surface area contributed by atoms with E-state index in [1.54, 1.807) is 0 Å². The summed E-state index contributed by atoms with van der Waals surface area (Å²) in [5, 5.41) is 3.50. The summed E-state index contributed by atoms with van der Waals surface area (Å²) in [5.74, 6) is 1.96. The van der Waals surface area contributed by atoms with Crippen molar-refractivity contribution in [3.63, 3.8) is 0 Å². The fourth-order valence-electron chi connectivity index (χ4n) is 3.20. The molecule has 1 atom stereocenters. The Morgan fingerprint density at radius 2 is 2.30 bits per heavy atom. The van der Waals surface area contributed by atoms with Crippen molar-refractivity contribution in [1.29, 1.82) is 0 Å². The summed E-state index contributed by atoms with van der Waals surface area (Å²) in [4.78, 5) is 4.89. The molecule has 1 N–H and O–H groups in total. The number of fused-ring (bicyclic) bond motifs is 1. The standard InChI is InChI=1S/C16H22BrN3/c1-11(2)20-15-6-5-13(17)9-14(15)19-16(20)8-12-4-3-7-18-10-12/h5-6,9,11-12,18H,3-4,7-8,10H2,1-2H3. The summed E-state index contributed by atoms with van der Waals surface area (Å²) in [6.07, 6.45) is 3.69. The highest BCUT2D eigenvalue weighted by atomic mass is 79.9.